The van der Waals surface area contributed by atoms with Crippen molar-refractivity contribution in [2.24, 2.45) is 0 Å². The van der Waals surface area contributed by atoms with E-state index >= 15 is 8.78 Å². The summed E-state index contributed by atoms with van der Waals surface area (Å²) in [6.45, 7) is 1.66. The number of nitrogens with zero attached hydrogens (tertiary/aromatic N) is 8. The number of hydrogen-bond donors (Lipinski definition) is 6. The first-order valence-electron chi connectivity index (χ1n) is 25.1. The van der Waals surface area contributed by atoms with Crippen molar-refractivity contribution >= 4 is 61.3 Å². The topological polar surface area (TPSA) is 346 Å². The number of nitrogen functional groups attached to an aromatic ring is 2. The molecule has 0 radical (unpaired) electrons. The van der Waals surface area contributed by atoms with Crippen LogP contribution in [-0.2, 0) is 37.2 Å². The molecule has 0 spiro atoms. The van der Waals surface area contributed by atoms with Gasteiger partial charge in [-0.3, -0.25) is 27.8 Å². The molecular weight excluding hydrogens is 1020 g/mol. The molecule has 26 nitrogen and oxygen atoms in total. The molecule has 8 N–H and O–H groups in total. The second-order valence-corrected chi connectivity index (χ2v) is 20.3. The number of alkyl halides is 2. The Morgan fingerprint density at radius 1 is 0.743 bits per heavy atom. The minimum absolute atomic E-state index is 0.0329. The van der Waals surface area contributed by atoms with Gasteiger partial charge in [0.25, 0.3) is 0 Å². The summed E-state index contributed by atoms with van der Waals surface area (Å²) >= 11 is 0. The van der Waals surface area contributed by atoms with Crippen LogP contribution < -0.4 is 40.2 Å². The first-order chi connectivity index (χ1) is 37.3. The average Bonchev–Trinajstić information content (AvgIpc) is 4.19. The number of para-hydroxylation sites is 2. The lowest BCUT2D eigenvalue weighted by atomic mass is 9.98. The van der Waals surface area contributed by atoms with Crippen LogP contribution in [0.1, 0.15) is 62.2 Å². The predicted octanol–water partition coefficient (Wildman–Crippen LogP) is 4.35. The lowest BCUT2D eigenvalue weighted by Crippen LogP contribution is -2.41. The molecule has 0 bridgehead atoms. The Bertz CT molecular complexity index is 3290. The van der Waals surface area contributed by atoms with E-state index in [1.165, 1.54) is 59.1 Å². The summed E-state index contributed by atoms with van der Waals surface area (Å²) in [4.78, 5) is 47.4. The van der Waals surface area contributed by atoms with E-state index < -0.39 is 109 Å². The Morgan fingerprint density at radius 2 is 1.15 bits per heavy atom. The molecule has 400 valence electrons. The number of imidazole rings is 2. The molecule has 2 aliphatic heterocycles. The molecule has 8 rings (SSSR count). The van der Waals surface area contributed by atoms with Gasteiger partial charge in [-0.2, -0.15) is 19.9 Å². The molecule has 0 amide bonds. The lowest BCUT2D eigenvalue weighted by Gasteiger charge is -2.25. The van der Waals surface area contributed by atoms with Crippen molar-refractivity contribution in [1.82, 2.24) is 49.2 Å². The number of aliphatic hydroxyl groups is 2. The zero-order valence-corrected chi connectivity index (χ0v) is 41.9. The van der Waals surface area contributed by atoms with Gasteiger partial charge >= 0.3 is 15.5 Å². The number of ketones is 2. The lowest BCUT2D eigenvalue weighted by molar-refractivity contribution is -0.119. The van der Waals surface area contributed by atoms with Crippen molar-refractivity contribution in [3.8, 4) is 23.3 Å². The Kier molecular flexibility index (Phi) is 14.3. The molecule has 0 aliphatic carbocycles. The number of aromatic nitrogens is 8. The molecular formula is C44H56F2N12O14P2. The third-order valence-corrected chi connectivity index (χ3v) is 14.7. The maximum absolute atomic E-state index is 16.5. The number of ether oxygens (including phenoxy) is 4. The molecule has 6 heterocycles. The highest BCUT2D eigenvalue weighted by atomic mass is 31.2. The first kappa shape index (κ1) is 47.4. The Morgan fingerprint density at radius 3 is 1.54 bits per heavy atom. The number of carbonyl (C=O) groups excluding carboxylic acids is 2. The van der Waals surface area contributed by atoms with E-state index in [1.807, 2.05) is 0 Å². The fourth-order valence-corrected chi connectivity index (χ4v) is 10.5. The van der Waals surface area contributed by atoms with Crippen LogP contribution in [0.2, 0.25) is 0 Å². The molecule has 30 heteroatoms. The number of carbonyl (C=O) groups is 2. The summed E-state index contributed by atoms with van der Waals surface area (Å²) < 4.78 is 151. The van der Waals surface area contributed by atoms with E-state index in [1.54, 1.807) is 36.4 Å². The number of hydrogen-bond acceptors (Lipinski definition) is 22. The third kappa shape index (κ3) is 11.9. The van der Waals surface area contributed by atoms with Crippen molar-refractivity contribution in [1.29, 1.82) is 0 Å². The van der Waals surface area contributed by atoms with Gasteiger partial charge in [0.1, 0.15) is 47.5 Å². The van der Waals surface area contributed by atoms with E-state index in [-0.39, 0.29) is 63.2 Å². The maximum atomic E-state index is 16.5. The van der Waals surface area contributed by atoms with Crippen molar-refractivity contribution in [2.75, 3.05) is 38.8 Å². The van der Waals surface area contributed by atoms with Crippen LogP contribution in [0.5, 0.6) is 23.3 Å². The van der Waals surface area contributed by atoms with Crippen molar-refractivity contribution in [3.63, 3.8) is 0 Å². The molecule has 2 aliphatic rings. The number of methoxy groups -OCH3 is 2. The van der Waals surface area contributed by atoms with Gasteiger partial charge in [0.05, 0.1) is 56.2 Å². The summed E-state index contributed by atoms with van der Waals surface area (Å²) in [5, 5.41) is 26.7. The fraction of sp³-hybridized carbons (Fsp3) is 0.455. The molecule has 74 heavy (non-hydrogen) atoms. The molecule has 2 fully saturated rings. The number of benzene rings is 2. The number of halogens is 2. The summed E-state index contributed by atoms with van der Waals surface area (Å²) in [5.41, 5.74) is 5.19. The fourth-order valence-electron chi connectivity index (χ4n) is 7.29. The molecule has 2 aromatic carbocycles. The van der Waals surface area contributed by atoms with Gasteiger partial charge in [-0.25, -0.2) is 38.1 Å². The van der Waals surface area contributed by atoms with E-state index in [9.17, 15) is 28.9 Å². The minimum atomic E-state index is -4.35. The number of anilines is 2. The normalized spacial score (nSPS) is 27.6. The standard InChI is InChI=1S/2C22H28FN6O7P/c2*1-12(13(2)30)28-37(32,36-14-8-6-5-7-9-14)34-10-15-17(31)22(3,23)20(35-15)29-11-25-16-18(29)26-21(24)27-19(16)33-4/h2*5-9,11-12,15,17,20,31H,10H2,1-4H3,(H,28,32)(H2,24,26,27)/t2*12-,15+,17+,20+,22+,37?/m00/s1/i4D3;3D3. The van der Waals surface area contributed by atoms with Gasteiger partial charge < -0.3 is 49.7 Å². The molecule has 12 atom stereocenters. The Labute approximate surface area is 430 Å². The van der Waals surface area contributed by atoms with Crippen LogP contribution in [-0.4, -0.2) is 136 Å². The molecule has 0 saturated carbocycles. The average molecular weight is 1080 g/mol. The zero-order valence-electron chi connectivity index (χ0n) is 46.1. The summed E-state index contributed by atoms with van der Waals surface area (Å²) in [7, 11) is -10.2. The van der Waals surface area contributed by atoms with Crippen molar-refractivity contribution < 1.29 is 83.0 Å². The largest absolute Gasteiger partial charge is 0.479 e. The third-order valence-electron chi connectivity index (χ3n) is 11.4. The number of fused-ring (bicyclic) bond motifs is 2. The molecule has 4 aromatic heterocycles. The predicted molar refractivity (Wildman–Crippen MR) is 259 cm³/mol. The van der Waals surface area contributed by atoms with Crippen LogP contribution in [0.4, 0.5) is 20.7 Å². The molecule has 6 aromatic rings. The minimum Gasteiger partial charge on any atom is -0.479 e. The second-order valence-electron chi connectivity index (χ2n) is 16.9. The second kappa shape index (κ2) is 22.3. The smallest absolute Gasteiger partial charge is 0.459 e. The van der Waals surface area contributed by atoms with E-state index in [0.29, 0.717) is 0 Å². The van der Waals surface area contributed by atoms with E-state index in [4.69, 9.17) is 56.7 Å². The number of nitrogens with one attached hydrogen (secondary N) is 2. The van der Waals surface area contributed by atoms with Crippen molar-refractivity contribution in [3.05, 3.63) is 73.3 Å². The SMILES string of the molecule is [2H]C([2H])([2H])Oc1nc(N)nc2c1ncn2[C@@H]1O[C@H](COP(=O)(N[C@@H](C)C(C)=O)Oc2ccccc2)[C@@H](O)[C@@]1(C)F.[2H]C([2H])([2H])[C@@]1(F)[C@H](O)[C@@H](COP(=O)(N[C@@H](C)C(C)=O)Oc2ccccc2)O[C@H]1n1cnc2c(OC)nc(N)nc21. The van der Waals surface area contributed by atoms with Crippen LogP contribution in [0.3, 0.4) is 0 Å². The summed E-state index contributed by atoms with van der Waals surface area (Å²) in [5.74, 6) is -1.58. The highest BCUT2D eigenvalue weighted by molar-refractivity contribution is 7.52. The van der Waals surface area contributed by atoms with Gasteiger partial charge in [-0.15, -0.1) is 0 Å². The van der Waals surface area contributed by atoms with Gasteiger partial charge in [0.15, 0.2) is 46.1 Å². The summed E-state index contributed by atoms with van der Waals surface area (Å²) in [6, 6.07) is 14.0. The number of Topliss-reactive ketones (excluding diaryl/α,β-unsaturated/α-hetero) is 2. The zero-order chi connectivity index (χ0) is 58.9. The van der Waals surface area contributed by atoms with Crippen LogP contribution >= 0.6 is 15.5 Å². The van der Waals surface area contributed by atoms with Gasteiger partial charge in [-0.1, -0.05) is 36.4 Å². The van der Waals surface area contributed by atoms with Gasteiger partial charge in [0, 0.05) is 4.11 Å². The monoisotopic (exact) mass is 1080 g/mol. The van der Waals surface area contributed by atoms with E-state index in [0.717, 1.165) is 28.7 Å². The van der Waals surface area contributed by atoms with Crippen LogP contribution in [0, 0.1) is 0 Å². The quantitative estimate of drug-likeness (QED) is 0.0579. The first-order valence-corrected chi connectivity index (χ1v) is 25.2. The van der Waals surface area contributed by atoms with Gasteiger partial charge in [0.2, 0.25) is 23.7 Å². The molecule has 2 unspecified atom stereocenters. The Hall–Kier alpha value is -6.32. The highest BCUT2D eigenvalue weighted by Crippen LogP contribution is 2.50. The number of rotatable bonds is 20. The highest BCUT2D eigenvalue weighted by Gasteiger charge is 2.57. The van der Waals surface area contributed by atoms with Crippen molar-refractivity contribution in [2.45, 2.75) is 102 Å². The maximum Gasteiger partial charge on any atom is 0.459 e. The van der Waals surface area contributed by atoms with Crippen LogP contribution in [0.25, 0.3) is 22.3 Å². The van der Waals surface area contributed by atoms with Gasteiger partial charge in [-0.05, 0) is 65.7 Å². The number of nitrogens with two attached hydrogens (primary N) is 2. The summed E-state index contributed by atoms with van der Waals surface area (Å²) in [6.07, 6.45) is -8.58. The molecule has 2 saturated heterocycles. The Balaban J connectivity index is 0.000000231. The van der Waals surface area contributed by atoms with Crippen LogP contribution in [0.15, 0.2) is 73.3 Å². The number of aliphatic hydroxyl groups excluding tert-OH is 2. The van der Waals surface area contributed by atoms with E-state index in [2.05, 4.69) is 40.1 Å².